The molecule has 0 aromatic heterocycles. The third-order valence-corrected chi connectivity index (χ3v) is 3.88. The molecule has 1 aromatic rings. The van der Waals surface area contributed by atoms with Crippen molar-refractivity contribution in [3.63, 3.8) is 0 Å². The fourth-order valence-electron chi connectivity index (χ4n) is 1.44. The van der Waals surface area contributed by atoms with Gasteiger partial charge in [0.1, 0.15) is 12.4 Å². The standard InChI is InChI=1S/C14H22N2O4S/c1-2-3-9-19-10-8-16-21(17,18)12-11-20-14-6-4-13(15)5-7-14/h2,4-7,16H,1,3,8-12,15H2. The van der Waals surface area contributed by atoms with Crippen LogP contribution in [0, 0.1) is 0 Å². The molecule has 21 heavy (non-hydrogen) atoms. The lowest BCUT2D eigenvalue weighted by Crippen LogP contribution is -2.31. The molecule has 0 aliphatic carbocycles. The van der Waals surface area contributed by atoms with E-state index in [4.69, 9.17) is 15.2 Å². The van der Waals surface area contributed by atoms with Gasteiger partial charge in [-0.1, -0.05) is 6.08 Å². The number of hydrogen-bond acceptors (Lipinski definition) is 5. The third-order valence-electron chi connectivity index (χ3n) is 2.54. The van der Waals surface area contributed by atoms with E-state index in [2.05, 4.69) is 11.3 Å². The molecule has 3 N–H and O–H groups in total. The number of nitrogens with two attached hydrogens (primary N) is 1. The second-order valence-electron chi connectivity index (χ2n) is 4.32. The minimum atomic E-state index is -3.35. The molecule has 6 nitrogen and oxygen atoms in total. The third kappa shape index (κ3) is 8.34. The summed E-state index contributed by atoms with van der Waals surface area (Å²) in [5.74, 6) is 0.483. The molecule has 7 heteroatoms. The van der Waals surface area contributed by atoms with Crippen LogP contribution in [0.15, 0.2) is 36.9 Å². The summed E-state index contributed by atoms with van der Waals surface area (Å²) in [4.78, 5) is 0. The molecule has 0 atom stereocenters. The Labute approximate surface area is 126 Å². The van der Waals surface area contributed by atoms with Crippen molar-refractivity contribution in [1.29, 1.82) is 0 Å². The van der Waals surface area contributed by atoms with Gasteiger partial charge in [-0.3, -0.25) is 0 Å². The van der Waals surface area contributed by atoms with Crippen LogP contribution in [-0.4, -0.2) is 40.5 Å². The van der Waals surface area contributed by atoms with Gasteiger partial charge in [0.25, 0.3) is 0 Å². The van der Waals surface area contributed by atoms with Gasteiger partial charge in [-0.2, -0.15) is 0 Å². The van der Waals surface area contributed by atoms with Gasteiger partial charge in [-0.05, 0) is 30.7 Å². The highest BCUT2D eigenvalue weighted by Crippen LogP contribution is 2.12. The molecule has 0 aliphatic rings. The van der Waals surface area contributed by atoms with Gasteiger partial charge in [0.15, 0.2) is 0 Å². The van der Waals surface area contributed by atoms with Gasteiger partial charge in [0.2, 0.25) is 10.0 Å². The fourth-order valence-corrected chi connectivity index (χ4v) is 2.28. The van der Waals surface area contributed by atoms with Crippen LogP contribution in [-0.2, 0) is 14.8 Å². The van der Waals surface area contributed by atoms with E-state index in [9.17, 15) is 8.42 Å². The predicted molar refractivity (Wildman–Crippen MR) is 83.8 cm³/mol. The number of nitrogen functional groups attached to an aromatic ring is 1. The Kier molecular flexibility index (Phi) is 7.81. The van der Waals surface area contributed by atoms with E-state index in [1.165, 1.54) is 0 Å². The maximum absolute atomic E-state index is 11.7. The largest absolute Gasteiger partial charge is 0.492 e. The van der Waals surface area contributed by atoms with Crippen LogP contribution in [0.4, 0.5) is 5.69 Å². The van der Waals surface area contributed by atoms with Crippen molar-refractivity contribution in [2.75, 3.05) is 37.9 Å². The molecule has 0 saturated heterocycles. The second-order valence-corrected chi connectivity index (χ2v) is 6.25. The number of sulfonamides is 1. The predicted octanol–water partition coefficient (Wildman–Crippen LogP) is 1.16. The molecule has 0 amide bonds. The van der Waals surface area contributed by atoms with E-state index in [-0.39, 0.29) is 18.9 Å². The molecular weight excluding hydrogens is 292 g/mol. The van der Waals surface area contributed by atoms with Crippen LogP contribution in [0.2, 0.25) is 0 Å². The number of rotatable bonds is 11. The first-order valence-corrected chi connectivity index (χ1v) is 8.33. The Hall–Kier alpha value is -1.57. The summed E-state index contributed by atoms with van der Waals surface area (Å²) >= 11 is 0. The quantitative estimate of drug-likeness (QED) is 0.363. The van der Waals surface area contributed by atoms with Crippen LogP contribution >= 0.6 is 0 Å². The average Bonchev–Trinajstić information content (AvgIpc) is 2.45. The van der Waals surface area contributed by atoms with Crippen molar-refractivity contribution in [2.45, 2.75) is 6.42 Å². The van der Waals surface area contributed by atoms with Gasteiger partial charge in [-0.25, -0.2) is 13.1 Å². The van der Waals surface area contributed by atoms with Crippen molar-refractivity contribution in [3.8, 4) is 5.75 Å². The topological polar surface area (TPSA) is 90.6 Å². The first-order chi connectivity index (χ1) is 10.0. The van der Waals surface area contributed by atoms with Crippen LogP contribution in [0.1, 0.15) is 6.42 Å². The molecule has 0 spiro atoms. The minimum Gasteiger partial charge on any atom is -0.492 e. The molecular formula is C14H22N2O4S. The average molecular weight is 314 g/mol. The summed E-state index contributed by atoms with van der Waals surface area (Å²) in [6.45, 7) is 4.79. The summed E-state index contributed by atoms with van der Waals surface area (Å²) in [5.41, 5.74) is 6.18. The lowest BCUT2D eigenvalue weighted by Gasteiger charge is -2.09. The second kappa shape index (κ2) is 9.38. The van der Waals surface area contributed by atoms with Gasteiger partial charge in [-0.15, -0.1) is 6.58 Å². The lowest BCUT2D eigenvalue weighted by molar-refractivity contribution is 0.144. The summed E-state index contributed by atoms with van der Waals surface area (Å²) in [6, 6.07) is 6.79. The summed E-state index contributed by atoms with van der Waals surface area (Å²) in [5, 5.41) is 0. The molecule has 0 radical (unpaired) electrons. The molecule has 0 heterocycles. The first-order valence-electron chi connectivity index (χ1n) is 6.68. The lowest BCUT2D eigenvalue weighted by atomic mass is 10.3. The van der Waals surface area contributed by atoms with Crippen LogP contribution in [0.3, 0.4) is 0 Å². The van der Waals surface area contributed by atoms with Crippen LogP contribution in [0.5, 0.6) is 5.75 Å². The monoisotopic (exact) mass is 314 g/mol. The smallest absolute Gasteiger partial charge is 0.215 e. The Morgan fingerprint density at radius 2 is 1.90 bits per heavy atom. The molecule has 1 aromatic carbocycles. The van der Waals surface area contributed by atoms with E-state index in [1.54, 1.807) is 30.3 Å². The van der Waals surface area contributed by atoms with E-state index in [1.807, 2.05) is 0 Å². The van der Waals surface area contributed by atoms with Gasteiger partial charge >= 0.3 is 0 Å². The van der Waals surface area contributed by atoms with Crippen LogP contribution in [0.25, 0.3) is 0 Å². The Morgan fingerprint density at radius 1 is 1.19 bits per heavy atom. The SMILES string of the molecule is C=CCCOCCNS(=O)(=O)CCOc1ccc(N)cc1. The highest BCUT2D eigenvalue weighted by Gasteiger charge is 2.09. The molecule has 0 fully saturated rings. The summed E-state index contributed by atoms with van der Waals surface area (Å²) in [6.07, 6.45) is 2.50. The van der Waals surface area contributed by atoms with E-state index < -0.39 is 10.0 Å². The molecule has 0 bridgehead atoms. The van der Waals surface area contributed by atoms with E-state index in [0.29, 0.717) is 24.7 Å². The number of ether oxygens (including phenoxy) is 2. The zero-order valence-corrected chi connectivity index (χ0v) is 12.8. The maximum atomic E-state index is 11.7. The minimum absolute atomic E-state index is 0.0799. The number of hydrogen-bond donors (Lipinski definition) is 2. The summed E-state index contributed by atoms with van der Waals surface area (Å²) < 4.78 is 36.4. The summed E-state index contributed by atoms with van der Waals surface area (Å²) in [7, 11) is -3.35. The Bertz CT molecular complexity index is 514. The van der Waals surface area contributed by atoms with Gasteiger partial charge in [0.05, 0.1) is 19.0 Å². The highest BCUT2D eigenvalue weighted by atomic mass is 32.2. The number of anilines is 1. The van der Waals surface area contributed by atoms with Gasteiger partial charge in [0, 0.05) is 12.2 Å². The van der Waals surface area contributed by atoms with Gasteiger partial charge < -0.3 is 15.2 Å². The molecule has 0 aliphatic heterocycles. The normalized spacial score (nSPS) is 11.2. The van der Waals surface area contributed by atoms with E-state index in [0.717, 1.165) is 6.42 Å². The molecule has 0 unspecified atom stereocenters. The van der Waals surface area contributed by atoms with Crippen molar-refractivity contribution in [3.05, 3.63) is 36.9 Å². The zero-order chi connectivity index (χ0) is 15.6. The first kappa shape index (κ1) is 17.5. The van der Waals surface area contributed by atoms with E-state index >= 15 is 0 Å². The van der Waals surface area contributed by atoms with Crippen molar-refractivity contribution in [1.82, 2.24) is 4.72 Å². The molecule has 1 rings (SSSR count). The van der Waals surface area contributed by atoms with Crippen molar-refractivity contribution >= 4 is 15.7 Å². The highest BCUT2D eigenvalue weighted by molar-refractivity contribution is 7.89. The van der Waals surface area contributed by atoms with Crippen LogP contribution < -0.4 is 15.2 Å². The van der Waals surface area contributed by atoms with Crippen molar-refractivity contribution in [2.24, 2.45) is 0 Å². The Balaban J connectivity index is 2.17. The number of benzene rings is 1. The Morgan fingerprint density at radius 3 is 2.57 bits per heavy atom. The molecule has 0 saturated carbocycles. The molecule has 118 valence electrons. The maximum Gasteiger partial charge on any atom is 0.215 e. The number of nitrogens with one attached hydrogen (secondary N) is 1. The zero-order valence-electron chi connectivity index (χ0n) is 12.0. The fraction of sp³-hybridized carbons (Fsp3) is 0.429. The van der Waals surface area contributed by atoms with Crippen molar-refractivity contribution < 1.29 is 17.9 Å².